The Morgan fingerprint density at radius 2 is 1.66 bits per heavy atom. The predicted octanol–water partition coefficient (Wildman–Crippen LogP) is 5.72. The Morgan fingerprint density at radius 3 is 2.32 bits per heavy atom. The van der Waals surface area contributed by atoms with Crippen LogP contribution in [-0.4, -0.2) is 34.2 Å². The maximum Gasteiger partial charge on any atom is 0.416 e. The number of alkyl halides is 3. The maximum absolute atomic E-state index is 12.8. The van der Waals surface area contributed by atoms with E-state index in [0.29, 0.717) is 39.6 Å². The van der Waals surface area contributed by atoms with Crippen molar-refractivity contribution < 1.29 is 27.9 Å². The molecule has 0 aliphatic carbocycles. The number of halogens is 3. The van der Waals surface area contributed by atoms with E-state index in [-0.39, 0.29) is 16.5 Å². The second-order valence-corrected chi connectivity index (χ2v) is 10.0. The van der Waals surface area contributed by atoms with E-state index in [9.17, 15) is 27.9 Å². The van der Waals surface area contributed by atoms with Crippen LogP contribution in [0.5, 0.6) is 5.75 Å². The van der Waals surface area contributed by atoms with Gasteiger partial charge in [0.15, 0.2) is 0 Å². The highest BCUT2D eigenvalue weighted by Gasteiger charge is 2.30. The van der Waals surface area contributed by atoms with Gasteiger partial charge >= 0.3 is 6.18 Å². The van der Waals surface area contributed by atoms with Crippen molar-refractivity contribution in [2.24, 2.45) is 5.10 Å². The molecular weight excluding hydrogens is 537 g/mol. The summed E-state index contributed by atoms with van der Waals surface area (Å²) in [5.41, 5.74) is 3.73. The monoisotopic (exact) mass is 558 g/mol. The number of nitrogens with one attached hydrogen (secondary N) is 2. The van der Waals surface area contributed by atoms with E-state index in [0.717, 1.165) is 40.4 Å². The molecule has 0 aliphatic heterocycles. The number of hydrazone groups is 1. The molecular formula is C26H21F3N4O3S2. The number of hydrogen-bond donors (Lipinski definition) is 3. The van der Waals surface area contributed by atoms with Crippen LogP contribution in [0.25, 0.3) is 10.4 Å². The molecule has 0 radical (unpaired) electrons. The standard InChI is InChI=1S/C26H21F3N4O3S2/c1-15(19-14-37-23(22(19)34)17-2-4-18(5-3-17)26(27,28)29)32-33-25(36)21-7-6-20(38-21)24(35)31-13-10-16-8-11-30-12-9-16/h2-9,11-12,14,34H,10,13H2,1H3,(H,31,35)(H,33,36)/b32-15+. The molecule has 0 aliphatic rings. The molecule has 2 amide bonds. The summed E-state index contributed by atoms with van der Waals surface area (Å²) in [5, 5.41) is 19.1. The summed E-state index contributed by atoms with van der Waals surface area (Å²) in [6.07, 6.45) is -0.430. The fraction of sp³-hybridized carbons (Fsp3) is 0.154. The molecule has 0 bridgehead atoms. The Kier molecular flexibility index (Phi) is 8.23. The van der Waals surface area contributed by atoms with Gasteiger partial charge in [-0.1, -0.05) is 12.1 Å². The fourth-order valence-corrected chi connectivity index (χ4v) is 5.24. The van der Waals surface area contributed by atoms with Gasteiger partial charge in [0.1, 0.15) is 5.75 Å². The third kappa shape index (κ3) is 6.45. The van der Waals surface area contributed by atoms with Crippen LogP contribution in [-0.2, 0) is 12.6 Å². The number of nitrogens with zero attached hydrogens (tertiary/aromatic N) is 2. The van der Waals surface area contributed by atoms with Crippen LogP contribution in [0, 0.1) is 0 Å². The predicted molar refractivity (Wildman–Crippen MR) is 141 cm³/mol. The van der Waals surface area contributed by atoms with Gasteiger partial charge in [-0.15, -0.1) is 22.7 Å². The third-order valence-corrected chi connectivity index (χ3v) is 7.56. The number of aromatic nitrogens is 1. The molecule has 7 nitrogen and oxygen atoms in total. The van der Waals surface area contributed by atoms with E-state index >= 15 is 0 Å². The summed E-state index contributed by atoms with van der Waals surface area (Å²) >= 11 is 2.16. The van der Waals surface area contributed by atoms with E-state index in [1.807, 2.05) is 12.1 Å². The normalized spacial score (nSPS) is 11.8. The minimum absolute atomic E-state index is 0.146. The summed E-state index contributed by atoms with van der Waals surface area (Å²) in [5.74, 6) is -0.961. The summed E-state index contributed by atoms with van der Waals surface area (Å²) in [6, 6.07) is 11.3. The van der Waals surface area contributed by atoms with Crippen LogP contribution in [0.4, 0.5) is 13.2 Å². The summed E-state index contributed by atoms with van der Waals surface area (Å²) in [6.45, 7) is 2.01. The van der Waals surface area contributed by atoms with Crippen LogP contribution < -0.4 is 10.7 Å². The first kappa shape index (κ1) is 27.0. The van der Waals surface area contributed by atoms with Crippen molar-refractivity contribution in [3.63, 3.8) is 0 Å². The van der Waals surface area contributed by atoms with Crippen molar-refractivity contribution in [1.82, 2.24) is 15.7 Å². The third-order valence-electron chi connectivity index (χ3n) is 5.46. The van der Waals surface area contributed by atoms with Crippen molar-refractivity contribution in [3.8, 4) is 16.2 Å². The molecule has 3 heterocycles. The number of pyridine rings is 1. The zero-order chi connectivity index (χ0) is 27.3. The molecule has 0 saturated carbocycles. The average Bonchev–Trinajstić information content (AvgIpc) is 3.55. The molecule has 0 fully saturated rings. The SMILES string of the molecule is C/C(=N\NC(=O)c1ccc(C(=O)NCCc2ccncc2)s1)c1csc(-c2ccc(C(F)(F)F)cc2)c1O. The van der Waals surface area contributed by atoms with E-state index in [2.05, 4.69) is 20.8 Å². The first-order chi connectivity index (χ1) is 18.1. The van der Waals surface area contributed by atoms with Crippen molar-refractivity contribution in [2.75, 3.05) is 6.54 Å². The van der Waals surface area contributed by atoms with Gasteiger partial charge in [-0.05, 0) is 60.9 Å². The Hall–Kier alpha value is -4.03. The van der Waals surface area contributed by atoms with Gasteiger partial charge < -0.3 is 10.4 Å². The average molecular weight is 559 g/mol. The lowest BCUT2D eigenvalue weighted by molar-refractivity contribution is -0.137. The number of aromatic hydroxyl groups is 1. The number of carbonyl (C=O) groups is 2. The van der Waals surface area contributed by atoms with E-state index < -0.39 is 17.6 Å². The van der Waals surface area contributed by atoms with Crippen LogP contribution >= 0.6 is 22.7 Å². The second-order valence-electron chi connectivity index (χ2n) is 8.07. The number of benzene rings is 1. The minimum atomic E-state index is -4.45. The number of amides is 2. The van der Waals surface area contributed by atoms with E-state index in [4.69, 9.17) is 0 Å². The number of carbonyl (C=O) groups excluding carboxylic acids is 2. The lowest BCUT2D eigenvalue weighted by Gasteiger charge is -2.07. The summed E-state index contributed by atoms with van der Waals surface area (Å²) in [7, 11) is 0. The quantitative estimate of drug-likeness (QED) is 0.190. The first-order valence-electron chi connectivity index (χ1n) is 11.2. The molecule has 3 aromatic heterocycles. The molecule has 3 N–H and O–H groups in total. The molecule has 196 valence electrons. The molecule has 4 rings (SSSR count). The summed E-state index contributed by atoms with van der Waals surface area (Å²) < 4.78 is 38.4. The van der Waals surface area contributed by atoms with Crippen molar-refractivity contribution in [3.05, 3.63) is 92.7 Å². The van der Waals surface area contributed by atoms with E-state index in [1.165, 1.54) is 18.2 Å². The molecule has 0 saturated heterocycles. The number of rotatable bonds is 8. The van der Waals surface area contributed by atoms with Crippen LogP contribution in [0.1, 0.15) is 43.0 Å². The molecule has 4 aromatic rings. The smallest absolute Gasteiger partial charge is 0.416 e. The van der Waals surface area contributed by atoms with Crippen LogP contribution in [0.2, 0.25) is 0 Å². The number of thiophene rings is 2. The fourth-order valence-electron chi connectivity index (χ4n) is 3.41. The van der Waals surface area contributed by atoms with Crippen molar-refractivity contribution in [2.45, 2.75) is 19.5 Å². The minimum Gasteiger partial charge on any atom is -0.506 e. The zero-order valence-corrected chi connectivity index (χ0v) is 21.5. The highest BCUT2D eigenvalue weighted by atomic mass is 32.1. The van der Waals surface area contributed by atoms with Crippen LogP contribution in [0.3, 0.4) is 0 Å². The molecule has 1 aromatic carbocycles. The zero-order valence-electron chi connectivity index (χ0n) is 19.9. The Labute approximate surface area is 223 Å². The van der Waals surface area contributed by atoms with Gasteiger partial charge in [0.25, 0.3) is 11.8 Å². The first-order valence-corrected chi connectivity index (χ1v) is 12.9. The van der Waals surface area contributed by atoms with Gasteiger partial charge in [-0.25, -0.2) is 5.43 Å². The Morgan fingerprint density at radius 1 is 1.00 bits per heavy atom. The second kappa shape index (κ2) is 11.6. The van der Waals surface area contributed by atoms with Gasteiger partial charge in [0, 0.05) is 24.3 Å². The summed E-state index contributed by atoms with van der Waals surface area (Å²) in [4.78, 5) is 29.9. The van der Waals surface area contributed by atoms with Gasteiger partial charge in [-0.3, -0.25) is 14.6 Å². The highest BCUT2D eigenvalue weighted by Crippen LogP contribution is 2.40. The van der Waals surface area contributed by atoms with Crippen molar-refractivity contribution >= 4 is 40.2 Å². The van der Waals surface area contributed by atoms with E-state index in [1.54, 1.807) is 30.8 Å². The molecule has 0 spiro atoms. The van der Waals surface area contributed by atoms with Gasteiger partial charge in [0.05, 0.1) is 31.5 Å². The highest BCUT2D eigenvalue weighted by molar-refractivity contribution is 7.16. The molecule has 0 unspecified atom stereocenters. The van der Waals surface area contributed by atoms with Crippen molar-refractivity contribution in [1.29, 1.82) is 0 Å². The molecule has 0 atom stereocenters. The maximum atomic E-state index is 12.8. The Balaban J connectivity index is 1.36. The topological polar surface area (TPSA) is 104 Å². The van der Waals surface area contributed by atoms with Gasteiger partial charge in [-0.2, -0.15) is 18.3 Å². The largest absolute Gasteiger partial charge is 0.506 e. The number of hydrogen-bond acceptors (Lipinski definition) is 7. The van der Waals surface area contributed by atoms with Gasteiger partial charge in [0.2, 0.25) is 0 Å². The molecule has 38 heavy (non-hydrogen) atoms. The molecule has 12 heteroatoms. The lowest BCUT2D eigenvalue weighted by Crippen LogP contribution is -2.24. The Bertz CT molecular complexity index is 1460. The van der Waals surface area contributed by atoms with Crippen LogP contribution in [0.15, 0.2) is 71.4 Å². The lowest BCUT2D eigenvalue weighted by atomic mass is 10.1.